The summed E-state index contributed by atoms with van der Waals surface area (Å²) in [6, 6.07) is -0.681. The van der Waals surface area contributed by atoms with Crippen LogP contribution in [0.3, 0.4) is 0 Å². The van der Waals surface area contributed by atoms with E-state index >= 15 is 0 Å². The van der Waals surface area contributed by atoms with Crippen LogP contribution in [0.1, 0.15) is 19.6 Å². The van der Waals surface area contributed by atoms with Crippen molar-refractivity contribution in [1.82, 2.24) is 19.5 Å². The maximum atomic E-state index is 10.2. The lowest BCUT2D eigenvalue weighted by Crippen LogP contribution is -2.33. The first-order valence-corrected chi connectivity index (χ1v) is 10.1. The summed E-state index contributed by atoms with van der Waals surface area (Å²) in [4.78, 5) is 22.1. The average Bonchev–Trinajstić information content (AvgIpc) is 3.25. The molecule has 162 valence electrons. The SMILES string of the molecule is CCSCCC(N)C(=O)O.Nc1ncnc2c1ncn2[C@@H]1O[C@H](CO)[C@@H](O)[C@H]1O. The molecule has 8 N–H and O–H groups in total. The number of ether oxygens (including phenoxy) is 1. The highest BCUT2D eigenvalue weighted by atomic mass is 32.2. The molecule has 3 heterocycles. The van der Waals surface area contributed by atoms with Crippen molar-refractivity contribution in [3.8, 4) is 0 Å². The number of hydrogen-bond acceptors (Lipinski definition) is 11. The first-order chi connectivity index (χ1) is 13.8. The third-order valence-corrected chi connectivity index (χ3v) is 5.21. The number of nitrogen functional groups attached to an aromatic ring is 1. The van der Waals surface area contributed by atoms with Crippen molar-refractivity contribution in [2.45, 2.75) is 43.9 Å². The molecule has 0 saturated carbocycles. The molecule has 0 bridgehead atoms. The summed E-state index contributed by atoms with van der Waals surface area (Å²) in [6.07, 6.45) is -0.860. The van der Waals surface area contributed by atoms with Gasteiger partial charge in [0.2, 0.25) is 0 Å². The molecule has 3 rings (SSSR count). The number of carboxylic acid groups (broad SMARTS) is 1. The monoisotopic (exact) mass is 430 g/mol. The fourth-order valence-corrected chi connectivity index (χ4v) is 3.35. The Hall–Kier alpha value is -2.03. The van der Waals surface area contributed by atoms with Crippen LogP contribution in [0.2, 0.25) is 0 Å². The van der Waals surface area contributed by atoms with Crippen molar-refractivity contribution < 1.29 is 30.0 Å². The summed E-state index contributed by atoms with van der Waals surface area (Å²) in [5.41, 5.74) is 11.7. The van der Waals surface area contributed by atoms with Crippen LogP contribution in [0.15, 0.2) is 12.7 Å². The van der Waals surface area contributed by atoms with Gasteiger partial charge in [-0.1, -0.05) is 6.92 Å². The van der Waals surface area contributed by atoms with E-state index in [1.165, 1.54) is 17.2 Å². The summed E-state index contributed by atoms with van der Waals surface area (Å²) in [6.45, 7) is 1.65. The summed E-state index contributed by atoms with van der Waals surface area (Å²) >= 11 is 1.71. The largest absolute Gasteiger partial charge is 0.480 e. The Morgan fingerprint density at radius 1 is 1.34 bits per heavy atom. The number of rotatable bonds is 7. The topological polar surface area (TPSA) is 203 Å². The molecule has 1 fully saturated rings. The van der Waals surface area contributed by atoms with Crippen molar-refractivity contribution in [3.63, 3.8) is 0 Å². The number of imidazole rings is 1. The van der Waals surface area contributed by atoms with Crippen LogP contribution in [0.25, 0.3) is 11.2 Å². The van der Waals surface area contributed by atoms with Crippen LogP contribution >= 0.6 is 11.8 Å². The predicted molar refractivity (Wildman–Crippen MR) is 106 cm³/mol. The zero-order chi connectivity index (χ0) is 21.6. The van der Waals surface area contributed by atoms with Gasteiger partial charge >= 0.3 is 5.97 Å². The zero-order valence-corrected chi connectivity index (χ0v) is 16.6. The molecule has 0 spiro atoms. The number of carbonyl (C=O) groups is 1. The molecular weight excluding hydrogens is 404 g/mol. The molecule has 2 aromatic rings. The maximum Gasteiger partial charge on any atom is 0.320 e. The number of aliphatic hydroxyl groups excluding tert-OH is 3. The standard InChI is InChI=1S/C10H13N5O4.C6H13NO2S/c11-8-5-9(13-2-12-8)15(3-14-5)10-7(18)6(17)4(1-16)19-10;1-2-10-4-3-5(7)6(8)9/h2-4,6-7,10,16-18H,1H2,(H2,11,12,13);5H,2-4,7H2,1H3,(H,8,9)/t4-,6-,7-,10-;/m1./s1. The summed E-state index contributed by atoms with van der Waals surface area (Å²) < 4.78 is 6.85. The quantitative estimate of drug-likeness (QED) is 0.280. The Labute approximate surface area is 170 Å². The Bertz CT molecular complexity index is 807. The first-order valence-electron chi connectivity index (χ1n) is 8.93. The number of hydrogen-bond donors (Lipinski definition) is 6. The van der Waals surface area contributed by atoms with Crippen molar-refractivity contribution in [3.05, 3.63) is 12.7 Å². The zero-order valence-electron chi connectivity index (χ0n) is 15.8. The molecule has 0 amide bonds. The maximum absolute atomic E-state index is 10.2. The number of fused-ring (bicyclic) bond motifs is 1. The number of aliphatic hydroxyl groups is 3. The second kappa shape index (κ2) is 10.7. The van der Waals surface area contributed by atoms with Gasteiger partial charge in [0.15, 0.2) is 17.7 Å². The first kappa shape index (κ1) is 23.3. The molecule has 0 aromatic carbocycles. The van der Waals surface area contributed by atoms with E-state index < -0.39 is 43.2 Å². The molecule has 1 aliphatic rings. The van der Waals surface area contributed by atoms with Gasteiger partial charge in [-0.05, 0) is 17.9 Å². The smallest absolute Gasteiger partial charge is 0.320 e. The molecule has 5 atom stereocenters. The van der Waals surface area contributed by atoms with Crippen LogP contribution in [0.5, 0.6) is 0 Å². The Balaban J connectivity index is 0.000000257. The van der Waals surface area contributed by atoms with Gasteiger partial charge in [0.05, 0.1) is 12.9 Å². The number of nitrogens with zero attached hydrogens (tertiary/aromatic N) is 4. The van der Waals surface area contributed by atoms with Crippen molar-refractivity contribution in [1.29, 1.82) is 0 Å². The van der Waals surface area contributed by atoms with Gasteiger partial charge < -0.3 is 36.6 Å². The lowest BCUT2D eigenvalue weighted by Gasteiger charge is -2.16. The number of nitrogens with two attached hydrogens (primary N) is 2. The number of anilines is 1. The number of aromatic nitrogens is 4. The van der Waals surface area contributed by atoms with E-state index in [-0.39, 0.29) is 5.82 Å². The minimum Gasteiger partial charge on any atom is -0.480 e. The van der Waals surface area contributed by atoms with Gasteiger partial charge in [-0.25, -0.2) is 15.0 Å². The van der Waals surface area contributed by atoms with Gasteiger partial charge in [-0.2, -0.15) is 11.8 Å². The summed E-state index contributed by atoms with van der Waals surface area (Å²) in [7, 11) is 0. The van der Waals surface area contributed by atoms with Gasteiger partial charge in [0, 0.05) is 0 Å². The van der Waals surface area contributed by atoms with E-state index in [1.54, 1.807) is 11.8 Å². The second-order valence-electron chi connectivity index (χ2n) is 6.24. The minimum absolute atomic E-state index is 0.218. The fourth-order valence-electron chi connectivity index (χ4n) is 2.64. The molecule has 1 saturated heterocycles. The molecule has 13 heteroatoms. The lowest BCUT2D eigenvalue weighted by molar-refractivity contribution is -0.138. The van der Waals surface area contributed by atoms with Gasteiger partial charge in [0.25, 0.3) is 0 Å². The molecule has 2 aromatic heterocycles. The molecular formula is C16H26N6O6S. The van der Waals surface area contributed by atoms with E-state index in [0.29, 0.717) is 17.6 Å². The molecule has 29 heavy (non-hydrogen) atoms. The van der Waals surface area contributed by atoms with E-state index in [4.69, 9.17) is 26.4 Å². The van der Waals surface area contributed by atoms with Gasteiger partial charge in [-0.3, -0.25) is 9.36 Å². The van der Waals surface area contributed by atoms with Crippen molar-refractivity contribution in [2.75, 3.05) is 23.8 Å². The third kappa shape index (κ3) is 5.52. The van der Waals surface area contributed by atoms with Gasteiger partial charge in [-0.15, -0.1) is 0 Å². The molecule has 0 radical (unpaired) electrons. The van der Waals surface area contributed by atoms with Crippen LogP contribution in [-0.2, 0) is 9.53 Å². The highest BCUT2D eigenvalue weighted by Gasteiger charge is 2.43. The second-order valence-corrected chi connectivity index (χ2v) is 7.64. The molecule has 0 aliphatic carbocycles. The summed E-state index contributed by atoms with van der Waals surface area (Å²) in [5, 5.41) is 37.1. The molecule has 1 aliphatic heterocycles. The van der Waals surface area contributed by atoms with E-state index in [2.05, 4.69) is 15.0 Å². The van der Waals surface area contributed by atoms with Crippen LogP contribution in [0, 0.1) is 0 Å². The van der Waals surface area contributed by atoms with E-state index in [9.17, 15) is 15.0 Å². The van der Waals surface area contributed by atoms with Crippen molar-refractivity contribution >= 4 is 34.7 Å². The molecule has 12 nitrogen and oxygen atoms in total. The molecule has 1 unspecified atom stereocenters. The fraction of sp³-hybridized carbons (Fsp3) is 0.625. The van der Waals surface area contributed by atoms with E-state index in [1.807, 2.05) is 6.92 Å². The average molecular weight is 430 g/mol. The predicted octanol–water partition coefficient (Wildman–Crippen LogP) is -1.44. The minimum atomic E-state index is -1.19. The van der Waals surface area contributed by atoms with E-state index in [0.717, 1.165) is 11.5 Å². The van der Waals surface area contributed by atoms with Gasteiger partial charge in [0.1, 0.15) is 36.2 Å². The highest BCUT2D eigenvalue weighted by Crippen LogP contribution is 2.31. The van der Waals surface area contributed by atoms with Crippen molar-refractivity contribution in [2.24, 2.45) is 5.73 Å². The number of carboxylic acids is 1. The normalized spacial score (nSPS) is 24.9. The third-order valence-electron chi connectivity index (χ3n) is 4.27. The van der Waals surface area contributed by atoms with Crippen LogP contribution in [-0.4, -0.2) is 88.4 Å². The number of aliphatic carboxylic acids is 1. The van der Waals surface area contributed by atoms with Crippen LogP contribution in [0.4, 0.5) is 5.82 Å². The summed E-state index contributed by atoms with van der Waals surface area (Å²) in [5.74, 6) is 1.17. The Kier molecular flexibility index (Phi) is 8.55. The Morgan fingerprint density at radius 2 is 2.07 bits per heavy atom. The number of thioether (sulfide) groups is 1. The highest BCUT2D eigenvalue weighted by molar-refractivity contribution is 7.99. The van der Waals surface area contributed by atoms with Crippen LogP contribution < -0.4 is 11.5 Å². The Morgan fingerprint density at radius 3 is 2.66 bits per heavy atom. The lowest BCUT2D eigenvalue weighted by atomic mass is 10.1.